The summed E-state index contributed by atoms with van der Waals surface area (Å²) >= 11 is 13.3. The highest BCUT2D eigenvalue weighted by Gasteiger charge is 2.12. The monoisotopic (exact) mass is 335 g/mol. The molecule has 21 heavy (non-hydrogen) atoms. The first kappa shape index (κ1) is 14.5. The molecule has 0 saturated heterocycles. The van der Waals surface area contributed by atoms with Crippen LogP contribution in [0.25, 0.3) is 10.9 Å². The predicted octanol–water partition coefficient (Wildman–Crippen LogP) is 5.45. The average Bonchev–Trinajstić information content (AvgIpc) is 2.92. The third-order valence-electron chi connectivity index (χ3n) is 3.15. The van der Waals surface area contributed by atoms with Crippen LogP contribution in [0, 0.1) is 0 Å². The minimum Gasteiger partial charge on any atom is -0.360 e. The van der Waals surface area contributed by atoms with Crippen LogP contribution < -0.4 is 0 Å². The summed E-state index contributed by atoms with van der Waals surface area (Å²) in [5.74, 6) is 0.448. The van der Waals surface area contributed by atoms with E-state index in [1.807, 2.05) is 30.3 Å². The molecule has 106 valence electrons. The summed E-state index contributed by atoms with van der Waals surface area (Å²) < 4.78 is 0. The lowest BCUT2D eigenvalue weighted by Gasteiger charge is -2.03. The molecule has 0 fully saturated rings. The van der Waals surface area contributed by atoms with Crippen molar-refractivity contribution >= 4 is 51.6 Å². The number of ketones is 1. The van der Waals surface area contributed by atoms with Crippen molar-refractivity contribution in [2.45, 2.75) is 4.90 Å². The van der Waals surface area contributed by atoms with Crippen molar-refractivity contribution in [3.8, 4) is 0 Å². The number of para-hydroxylation sites is 1. The van der Waals surface area contributed by atoms with Crippen molar-refractivity contribution < 1.29 is 4.79 Å². The normalized spacial score (nSPS) is 11.0. The third kappa shape index (κ3) is 3.10. The number of rotatable bonds is 4. The maximum atomic E-state index is 12.3. The van der Waals surface area contributed by atoms with E-state index in [-0.39, 0.29) is 5.78 Å². The van der Waals surface area contributed by atoms with Gasteiger partial charge in [0.2, 0.25) is 0 Å². The van der Waals surface area contributed by atoms with E-state index in [1.54, 1.807) is 18.3 Å². The Kier molecular flexibility index (Phi) is 4.24. The van der Waals surface area contributed by atoms with E-state index in [1.165, 1.54) is 11.8 Å². The molecule has 3 rings (SSSR count). The summed E-state index contributed by atoms with van der Waals surface area (Å²) in [4.78, 5) is 16.4. The molecule has 0 radical (unpaired) electrons. The van der Waals surface area contributed by atoms with Crippen LogP contribution in [0.1, 0.15) is 10.4 Å². The van der Waals surface area contributed by atoms with E-state index in [9.17, 15) is 4.79 Å². The lowest BCUT2D eigenvalue weighted by Crippen LogP contribution is -2.01. The zero-order chi connectivity index (χ0) is 14.8. The van der Waals surface area contributed by atoms with Gasteiger partial charge in [-0.05, 0) is 24.3 Å². The fraction of sp³-hybridized carbons (Fsp3) is 0.0625. The van der Waals surface area contributed by atoms with Gasteiger partial charge < -0.3 is 4.98 Å². The molecule has 0 atom stereocenters. The number of nitrogens with one attached hydrogen (secondary N) is 1. The van der Waals surface area contributed by atoms with Gasteiger partial charge in [0.15, 0.2) is 5.78 Å². The summed E-state index contributed by atoms with van der Waals surface area (Å²) in [6.45, 7) is 0. The number of hydrogen-bond acceptors (Lipinski definition) is 2. The predicted molar refractivity (Wildman–Crippen MR) is 89.8 cm³/mol. The molecule has 1 aromatic heterocycles. The van der Waals surface area contributed by atoms with Crippen molar-refractivity contribution in [3.63, 3.8) is 0 Å². The van der Waals surface area contributed by atoms with Crippen LogP contribution in [0.5, 0.6) is 0 Å². The van der Waals surface area contributed by atoms with E-state index < -0.39 is 0 Å². The number of fused-ring (bicyclic) bond motifs is 1. The molecule has 0 aliphatic rings. The molecule has 0 spiro atoms. The largest absolute Gasteiger partial charge is 0.360 e. The van der Waals surface area contributed by atoms with Gasteiger partial charge in [-0.25, -0.2) is 0 Å². The first-order valence-electron chi connectivity index (χ1n) is 6.32. The van der Waals surface area contributed by atoms with Gasteiger partial charge in [0, 0.05) is 27.6 Å². The molecule has 1 heterocycles. The first-order chi connectivity index (χ1) is 10.1. The SMILES string of the molecule is O=C(CSc1ccc(Cl)c(Cl)c1)c1c[nH]c2ccccc12. The number of aromatic nitrogens is 1. The molecule has 0 unspecified atom stereocenters. The number of carbonyl (C=O) groups excluding carboxylic acids is 1. The average molecular weight is 336 g/mol. The Labute approximate surface area is 136 Å². The topological polar surface area (TPSA) is 32.9 Å². The summed E-state index contributed by atoms with van der Waals surface area (Å²) in [5, 5.41) is 1.97. The molecular formula is C16H11Cl2NOS. The number of thioether (sulfide) groups is 1. The van der Waals surface area contributed by atoms with Gasteiger partial charge in [0.1, 0.15) is 0 Å². The Hall–Kier alpha value is -1.42. The van der Waals surface area contributed by atoms with Crippen molar-refractivity contribution in [2.24, 2.45) is 0 Å². The Morgan fingerprint density at radius 1 is 1.10 bits per heavy atom. The highest BCUT2D eigenvalue weighted by atomic mass is 35.5. The molecular weight excluding hydrogens is 325 g/mol. The standard InChI is InChI=1S/C16H11Cl2NOS/c17-13-6-5-10(7-14(13)18)21-9-16(20)12-8-19-15-4-2-1-3-11(12)15/h1-8,19H,9H2. The second-order valence-electron chi connectivity index (χ2n) is 4.54. The Morgan fingerprint density at radius 2 is 1.90 bits per heavy atom. The van der Waals surface area contributed by atoms with Crippen LogP contribution in [-0.2, 0) is 0 Å². The lowest BCUT2D eigenvalue weighted by molar-refractivity contribution is 0.102. The number of carbonyl (C=O) groups is 1. The number of H-pyrrole nitrogens is 1. The molecule has 5 heteroatoms. The van der Waals surface area contributed by atoms with Crippen molar-refractivity contribution in [1.29, 1.82) is 0 Å². The van der Waals surface area contributed by atoms with E-state index >= 15 is 0 Å². The summed E-state index contributed by atoms with van der Waals surface area (Å²) in [5.41, 5.74) is 1.69. The second kappa shape index (κ2) is 6.14. The van der Waals surface area contributed by atoms with Crippen LogP contribution >= 0.6 is 35.0 Å². The molecule has 2 nitrogen and oxygen atoms in total. The number of benzene rings is 2. The zero-order valence-electron chi connectivity index (χ0n) is 10.9. The first-order valence-corrected chi connectivity index (χ1v) is 8.06. The van der Waals surface area contributed by atoms with Gasteiger partial charge in [-0.1, -0.05) is 41.4 Å². The summed E-state index contributed by atoms with van der Waals surface area (Å²) in [6.07, 6.45) is 1.77. The third-order valence-corrected chi connectivity index (χ3v) is 4.88. The van der Waals surface area contributed by atoms with Crippen LogP contribution in [0.4, 0.5) is 0 Å². The van der Waals surface area contributed by atoms with Gasteiger partial charge >= 0.3 is 0 Å². The highest BCUT2D eigenvalue weighted by Crippen LogP contribution is 2.29. The van der Waals surface area contributed by atoms with Crippen LogP contribution in [0.2, 0.25) is 10.0 Å². The van der Waals surface area contributed by atoms with Crippen molar-refractivity contribution in [3.05, 3.63) is 64.3 Å². The molecule has 0 aliphatic carbocycles. The minimum atomic E-state index is 0.0866. The fourth-order valence-corrected chi connectivity index (χ4v) is 3.28. The number of Topliss-reactive ketones (excluding diaryl/α,β-unsaturated/α-hetero) is 1. The number of hydrogen-bond donors (Lipinski definition) is 1. The quantitative estimate of drug-likeness (QED) is 0.508. The summed E-state index contributed by atoms with van der Waals surface area (Å²) in [6, 6.07) is 13.2. The Balaban J connectivity index is 1.76. The van der Waals surface area contributed by atoms with Gasteiger partial charge in [0.05, 0.1) is 15.8 Å². The van der Waals surface area contributed by atoms with E-state index in [4.69, 9.17) is 23.2 Å². The minimum absolute atomic E-state index is 0.0866. The number of halogens is 2. The fourth-order valence-electron chi connectivity index (χ4n) is 2.10. The second-order valence-corrected chi connectivity index (χ2v) is 6.40. The van der Waals surface area contributed by atoms with Gasteiger partial charge in [-0.2, -0.15) is 0 Å². The molecule has 0 bridgehead atoms. The van der Waals surface area contributed by atoms with Crippen LogP contribution in [0.15, 0.2) is 53.6 Å². The smallest absolute Gasteiger partial charge is 0.175 e. The zero-order valence-corrected chi connectivity index (χ0v) is 13.2. The van der Waals surface area contributed by atoms with E-state index in [0.29, 0.717) is 15.8 Å². The van der Waals surface area contributed by atoms with Crippen LogP contribution in [0.3, 0.4) is 0 Å². The molecule has 0 aliphatic heterocycles. The van der Waals surface area contributed by atoms with Crippen molar-refractivity contribution in [1.82, 2.24) is 4.98 Å². The molecule has 0 amide bonds. The van der Waals surface area contributed by atoms with Gasteiger partial charge in [0.25, 0.3) is 0 Å². The van der Waals surface area contributed by atoms with E-state index in [0.717, 1.165) is 21.4 Å². The molecule has 1 N–H and O–H groups in total. The van der Waals surface area contributed by atoms with Crippen LogP contribution in [-0.4, -0.2) is 16.5 Å². The Morgan fingerprint density at radius 3 is 2.71 bits per heavy atom. The molecule has 3 aromatic rings. The molecule has 0 saturated carbocycles. The van der Waals surface area contributed by atoms with Gasteiger partial charge in [-0.15, -0.1) is 11.8 Å². The maximum Gasteiger partial charge on any atom is 0.175 e. The maximum absolute atomic E-state index is 12.3. The van der Waals surface area contributed by atoms with E-state index in [2.05, 4.69) is 4.98 Å². The van der Waals surface area contributed by atoms with Gasteiger partial charge in [-0.3, -0.25) is 4.79 Å². The molecule has 2 aromatic carbocycles. The lowest BCUT2D eigenvalue weighted by atomic mass is 10.1. The highest BCUT2D eigenvalue weighted by molar-refractivity contribution is 8.00. The summed E-state index contributed by atoms with van der Waals surface area (Å²) in [7, 11) is 0. The Bertz CT molecular complexity index is 813. The van der Waals surface area contributed by atoms with Crippen molar-refractivity contribution in [2.75, 3.05) is 5.75 Å². The number of aromatic amines is 1.